The molecule has 200 valence electrons. The highest BCUT2D eigenvalue weighted by Crippen LogP contribution is 2.41. The van der Waals surface area contributed by atoms with Gasteiger partial charge in [-0.05, 0) is 60.9 Å². The van der Waals surface area contributed by atoms with E-state index in [9.17, 15) is 9.32 Å². The molecule has 1 fully saturated rings. The van der Waals surface area contributed by atoms with E-state index in [-0.39, 0.29) is 11.6 Å². The molecule has 0 saturated carbocycles. The molecule has 37 heavy (non-hydrogen) atoms. The number of aryl methyl sites for hydroxylation is 1. The lowest BCUT2D eigenvalue weighted by atomic mass is 9.84. The first-order valence-electron chi connectivity index (χ1n) is 13.5. The van der Waals surface area contributed by atoms with E-state index in [1.54, 1.807) is 0 Å². The Morgan fingerprint density at radius 2 is 1.92 bits per heavy atom. The number of aromatic nitrogens is 2. The van der Waals surface area contributed by atoms with Gasteiger partial charge in [-0.3, -0.25) is 0 Å². The lowest BCUT2D eigenvalue weighted by Gasteiger charge is -2.41. The summed E-state index contributed by atoms with van der Waals surface area (Å²) in [6.07, 6.45) is 10.5. The minimum atomic E-state index is -1.03. The van der Waals surface area contributed by atoms with Crippen LogP contribution in [0.5, 0.6) is 5.75 Å². The second-order valence-corrected chi connectivity index (χ2v) is 11.9. The molecule has 0 amide bonds. The predicted molar refractivity (Wildman–Crippen MR) is 144 cm³/mol. The van der Waals surface area contributed by atoms with Crippen LogP contribution in [-0.2, 0) is 23.8 Å². The van der Waals surface area contributed by atoms with Crippen molar-refractivity contribution < 1.29 is 18.4 Å². The summed E-state index contributed by atoms with van der Waals surface area (Å²) in [6.45, 7) is 6.73. The Hall–Kier alpha value is -2.36. The molecular formula is C28H37FN4O3S. The molecule has 1 saturated heterocycles. The Morgan fingerprint density at radius 1 is 1.16 bits per heavy atom. The topological polar surface area (TPSA) is 78.8 Å². The van der Waals surface area contributed by atoms with E-state index in [4.69, 9.17) is 4.74 Å². The minimum Gasteiger partial charge on any atom is -0.484 e. The van der Waals surface area contributed by atoms with Crippen molar-refractivity contribution in [2.75, 3.05) is 36.8 Å². The zero-order chi connectivity index (χ0) is 26.0. The molecule has 2 aromatic rings. The maximum Gasteiger partial charge on any atom is 0.225 e. The molecule has 9 heteroatoms. The third-order valence-corrected chi connectivity index (χ3v) is 9.40. The predicted octanol–water partition coefficient (Wildman–Crippen LogP) is 4.07. The summed E-state index contributed by atoms with van der Waals surface area (Å²) in [4.78, 5) is 11.1. The Balaban J connectivity index is 1.23. The van der Waals surface area contributed by atoms with Gasteiger partial charge < -0.3 is 14.7 Å². The first-order valence-corrected chi connectivity index (χ1v) is 14.8. The molecule has 1 aromatic heterocycles. The highest BCUT2D eigenvalue weighted by Gasteiger charge is 2.45. The summed E-state index contributed by atoms with van der Waals surface area (Å²) >= 11 is 0. The average Bonchev–Trinajstić information content (AvgIpc) is 3.36. The molecule has 2 atom stereocenters. The Morgan fingerprint density at radius 3 is 2.57 bits per heavy atom. The van der Waals surface area contributed by atoms with E-state index in [2.05, 4.69) is 27.9 Å². The number of piperidine rings is 1. The van der Waals surface area contributed by atoms with Crippen LogP contribution in [0.4, 0.5) is 10.3 Å². The summed E-state index contributed by atoms with van der Waals surface area (Å²) < 4.78 is 35.4. The van der Waals surface area contributed by atoms with Gasteiger partial charge in [0.25, 0.3) is 0 Å². The molecule has 0 aliphatic carbocycles. The van der Waals surface area contributed by atoms with Crippen LogP contribution in [-0.4, -0.2) is 67.2 Å². The zero-order valence-electron chi connectivity index (χ0n) is 21.8. The highest BCUT2D eigenvalue weighted by atomic mass is 32.2. The van der Waals surface area contributed by atoms with Crippen LogP contribution in [0.15, 0.2) is 30.6 Å². The van der Waals surface area contributed by atoms with Crippen molar-refractivity contribution in [2.45, 2.75) is 70.5 Å². The first-order chi connectivity index (χ1) is 17.9. The van der Waals surface area contributed by atoms with E-state index >= 15 is 4.39 Å². The molecular weight excluding hydrogens is 491 g/mol. The molecule has 3 aliphatic heterocycles. The highest BCUT2D eigenvalue weighted by molar-refractivity contribution is 7.82. The van der Waals surface area contributed by atoms with Gasteiger partial charge in [-0.2, -0.15) is 0 Å². The summed E-state index contributed by atoms with van der Waals surface area (Å²) in [5.74, 6) is 1.25. The van der Waals surface area contributed by atoms with Crippen LogP contribution >= 0.6 is 0 Å². The fourth-order valence-corrected chi connectivity index (χ4v) is 6.69. The summed E-state index contributed by atoms with van der Waals surface area (Å²) in [6, 6.07) is 3.55. The average molecular weight is 529 g/mol. The van der Waals surface area contributed by atoms with Crippen LogP contribution in [0, 0.1) is 5.82 Å². The van der Waals surface area contributed by atoms with Gasteiger partial charge in [-0.25, -0.2) is 22.9 Å². The van der Waals surface area contributed by atoms with Crippen LogP contribution in [0.2, 0.25) is 0 Å². The molecule has 0 spiro atoms. The molecule has 1 aromatic carbocycles. The standard InChI is InChI=1S/C28H37FN4O3S/c1-3-5-20-18-30-27(31-19-20)32-12-8-28(34,9-13-32)25-17-23-15-22(16-24(29)26(23)36-25)21-6-10-33(11-7-21)37(35)14-4-2/h6,15-16,18-19,25,34H,3-5,7-14,17H2,1-2H3. The minimum absolute atomic E-state index is 0.265. The number of nitrogens with zero attached hydrogens (tertiary/aromatic N) is 4. The van der Waals surface area contributed by atoms with Gasteiger partial charge in [0, 0.05) is 56.3 Å². The van der Waals surface area contributed by atoms with Crippen molar-refractivity contribution in [2.24, 2.45) is 0 Å². The van der Waals surface area contributed by atoms with Crippen molar-refractivity contribution in [3.8, 4) is 5.75 Å². The van der Waals surface area contributed by atoms with Crippen LogP contribution in [0.25, 0.3) is 5.57 Å². The van der Waals surface area contributed by atoms with Crippen LogP contribution in [0.3, 0.4) is 0 Å². The van der Waals surface area contributed by atoms with Crippen molar-refractivity contribution >= 4 is 22.5 Å². The van der Waals surface area contributed by atoms with E-state index in [1.165, 1.54) is 6.07 Å². The molecule has 7 nitrogen and oxygen atoms in total. The van der Waals surface area contributed by atoms with Gasteiger partial charge in [0.05, 0.1) is 11.0 Å². The van der Waals surface area contributed by atoms with E-state index < -0.39 is 22.7 Å². The van der Waals surface area contributed by atoms with E-state index in [0.717, 1.165) is 47.9 Å². The lowest BCUT2D eigenvalue weighted by Crippen LogP contribution is -2.53. The van der Waals surface area contributed by atoms with E-state index in [0.29, 0.717) is 57.1 Å². The number of benzene rings is 1. The Labute approximate surface area is 221 Å². The molecule has 0 bridgehead atoms. The van der Waals surface area contributed by atoms with Crippen LogP contribution in [0.1, 0.15) is 62.6 Å². The summed E-state index contributed by atoms with van der Waals surface area (Å²) in [7, 11) is -0.956. The SMILES string of the molecule is CCCc1cnc(N2CCC(O)(C3Cc4cc(C5=CCN(S(=O)CCC)CC5)cc(F)c4O3)CC2)nc1. The van der Waals surface area contributed by atoms with Crippen molar-refractivity contribution in [3.63, 3.8) is 0 Å². The molecule has 5 rings (SSSR count). The Bertz CT molecular complexity index is 1160. The number of anilines is 1. The van der Waals surface area contributed by atoms with Gasteiger partial charge in [0.2, 0.25) is 5.95 Å². The lowest BCUT2D eigenvalue weighted by molar-refractivity contribution is -0.0696. The van der Waals surface area contributed by atoms with Crippen molar-refractivity contribution in [3.05, 3.63) is 53.1 Å². The van der Waals surface area contributed by atoms with Crippen LogP contribution < -0.4 is 9.64 Å². The fraction of sp³-hybridized carbons (Fsp3) is 0.571. The normalized spacial score (nSPS) is 22.3. The van der Waals surface area contributed by atoms with Gasteiger partial charge >= 0.3 is 0 Å². The monoisotopic (exact) mass is 528 g/mol. The number of hydrogen-bond donors (Lipinski definition) is 1. The number of rotatable bonds is 8. The largest absolute Gasteiger partial charge is 0.484 e. The Kier molecular flexibility index (Phi) is 7.93. The van der Waals surface area contributed by atoms with Gasteiger partial charge in [0.1, 0.15) is 11.7 Å². The first kappa shape index (κ1) is 26.3. The molecule has 1 N–H and O–H groups in total. The number of aliphatic hydroxyl groups is 1. The molecule has 3 aliphatic rings. The number of halogens is 1. The van der Waals surface area contributed by atoms with Crippen molar-refractivity contribution in [1.29, 1.82) is 0 Å². The van der Waals surface area contributed by atoms with Gasteiger partial charge in [-0.1, -0.05) is 26.3 Å². The van der Waals surface area contributed by atoms with Crippen molar-refractivity contribution in [1.82, 2.24) is 14.3 Å². The third kappa shape index (κ3) is 5.59. The fourth-order valence-electron chi connectivity index (χ4n) is 5.55. The number of fused-ring (bicyclic) bond motifs is 1. The molecule has 0 radical (unpaired) electrons. The quantitative estimate of drug-likeness (QED) is 0.557. The van der Waals surface area contributed by atoms with Gasteiger partial charge in [-0.15, -0.1) is 0 Å². The molecule has 4 heterocycles. The maximum absolute atomic E-state index is 15.1. The molecule has 2 unspecified atom stereocenters. The number of hydrogen-bond acceptors (Lipinski definition) is 6. The summed E-state index contributed by atoms with van der Waals surface area (Å²) in [5, 5.41) is 11.5. The summed E-state index contributed by atoms with van der Waals surface area (Å²) in [5.41, 5.74) is 2.84. The zero-order valence-corrected chi connectivity index (χ0v) is 22.6. The second-order valence-electron chi connectivity index (χ2n) is 10.4. The number of ether oxygens (including phenoxy) is 1. The maximum atomic E-state index is 15.1. The third-order valence-electron chi connectivity index (χ3n) is 7.74. The second kappa shape index (κ2) is 11.2. The smallest absolute Gasteiger partial charge is 0.225 e. The van der Waals surface area contributed by atoms with E-state index in [1.807, 2.05) is 29.7 Å². The van der Waals surface area contributed by atoms with Gasteiger partial charge in [0.15, 0.2) is 11.6 Å².